The molecule has 1 fully saturated rings. The smallest absolute Gasteiger partial charge is 0.268 e. The molecule has 0 radical (unpaired) electrons. The summed E-state index contributed by atoms with van der Waals surface area (Å²) in [6, 6.07) is 7.49. The summed E-state index contributed by atoms with van der Waals surface area (Å²) in [7, 11) is 0. The van der Waals surface area contributed by atoms with E-state index in [1.165, 1.54) is 4.90 Å². The van der Waals surface area contributed by atoms with Crippen molar-refractivity contribution < 1.29 is 9.59 Å². The molecular formula is C13H12BrNO2S. The Labute approximate surface area is 118 Å². The van der Waals surface area contributed by atoms with Gasteiger partial charge in [0.1, 0.15) is 0 Å². The van der Waals surface area contributed by atoms with Gasteiger partial charge in [0, 0.05) is 10.5 Å². The molecule has 0 bridgehead atoms. The fourth-order valence-corrected chi connectivity index (χ4v) is 3.01. The third-order valence-corrected chi connectivity index (χ3v) is 4.14. The highest BCUT2D eigenvalue weighted by atomic mass is 79.9. The Hall–Kier alpha value is -1.07. The molecule has 18 heavy (non-hydrogen) atoms. The number of hydrogen-bond donors (Lipinski definition) is 0. The van der Waals surface area contributed by atoms with Gasteiger partial charge in [0.05, 0.1) is 4.91 Å². The number of nitrogens with zero attached hydrogens (tertiary/aromatic N) is 1. The maximum atomic E-state index is 12.1. The summed E-state index contributed by atoms with van der Waals surface area (Å²) in [6.45, 7) is 3.66. The Balaban J connectivity index is 2.34. The van der Waals surface area contributed by atoms with Gasteiger partial charge < -0.3 is 0 Å². The van der Waals surface area contributed by atoms with Crippen molar-refractivity contribution in [2.24, 2.45) is 0 Å². The fourth-order valence-electron chi connectivity index (χ4n) is 1.66. The highest BCUT2D eigenvalue weighted by Gasteiger charge is 2.36. The molecule has 1 heterocycles. The molecule has 94 valence electrons. The number of amides is 2. The third kappa shape index (κ3) is 2.52. The number of halogens is 1. The van der Waals surface area contributed by atoms with Crippen LogP contribution in [0.1, 0.15) is 19.4 Å². The van der Waals surface area contributed by atoms with Crippen LogP contribution in [0.15, 0.2) is 33.6 Å². The van der Waals surface area contributed by atoms with E-state index in [1.807, 2.05) is 38.1 Å². The third-order valence-electron chi connectivity index (χ3n) is 2.53. The second-order valence-corrected chi connectivity index (χ2v) is 6.01. The molecule has 1 saturated heterocycles. The number of rotatable bonds is 2. The molecule has 1 aliphatic rings. The molecule has 3 nitrogen and oxygen atoms in total. The van der Waals surface area contributed by atoms with Gasteiger partial charge in [0.2, 0.25) is 0 Å². The van der Waals surface area contributed by atoms with Gasteiger partial charge in [-0.2, -0.15) is 0 Å². The molecule has 0 atom stereocenters. The maximum absolute atomic E-state index is 12.1. The minimum Gasteiger partial charge on any atom is -0.268 e. The molecule has 1 aromatic rings. The Kier molecular flexibility index (Phi) is 3.92. The van der Waals surface area contributed by atoms with Crippen molar-refractivity contribution in [3.05, 3.63) is 39.2 Å². The summed E-state index contributed by atoms with van der Waals surface area (Å²) in [5, 5.41) is -0.201. The summed E-state index contributed by atoms with van der Waals surface area (Å²) < 4.78 is 0.904. The van der Waals surface area contributed by atoms with Crippen molar-refractivity contribution in [2.45, 2.75) is 19.9 Å². The molecule has 0 aromatic heterocycles. The number of carbonyl (C=O) groups excluding carboxylic acids is 2. The van der Waals surface area contributed by atoms with Crippen molar-refractivity contribution in [3.63, 3.8) is 0 Å². The average Bonchev–Trinajstić information content (AvgIpc) is 2.57. The molecule has 1 aliphatic heterocycles. The topological polar surface area (TPSA) is 37.4 Å². The lowest BCUT2D eigenvalue weighted by Crippen LogP contribution is -2.34. The molecule has 2 amide bonds. The van der Waals surface area contributed by atoms with Gasteiger partial charge in [-0.1, -0.05) is 34.1 Å². The average molecular weight is 326 g/mol. The van der Waals surface area contributed by atoms with Crippen molar-refractivity contribution >= 4 is 44.9 Å². The lowest BCUT2D eigenvalue weighted by Gasteiger charge is -2.16. The fraction of sp³-hybridized carbons (Fsp3) is 0.231. The first kappa shape index (κ1) is 13.4. The lowest BCUT2D eigenvalue weighted by atomic mass is 10.2. The first-order valence-corrected chi connectivity index (χ1v) is 7.13. The summed E-state index contributed by atoms with van der Waals surface area (Å²) in [5.74, 6) is -0.212. The molecule has 1 aromatic carbocycles. The van der Waals surface area contributed by atoms with E-state index in [4.69, 9.17) is 0 Å². The summed E-state index contributed by atoms with van der Waals surface area (Å²) >= 11 is 4.41. The van der Waals surface area contributed by atoms with E-state index in [9.17, 15) is 9.59 Å². The predicted octanol–water partition coefficient (Wildman–Crippen LogP) is 3.89. The molecule has 0 aliphatic carbocycles. The number of imide groups is 1. The van der Waals surface area contributed by atoms with Crippen LogP contribution in [-0.2, 0) is 4.79 Å². The molecule has 2 rings (SSSR count). The zero-order valence-corrected chi connectivity index (χ0v) is 12.4. The van der Waals surface area contributed by atoms with Crippen LogP contribution in [0.4, 0.5) is 4.79 Å². The standard InChI is InChI=1S/C13H12BrNO2S/c1-8(2)15-12(16)11(18-13(15)17)7-9-5-3-4-6-10(9)14/h3-8H,1-2H3/b11-7+. The lowest BCUT2D eigenvalue weighted by molar-refractivity contribution is -0.123. The van der Waals surface area contributed by atoms with Crippen molar-refractivity contribution in [3.8, 4) is 0 Å². The summed E-state index contributed by atoms with van der Waals surface area (Å²) in [6.07, 6.45) is 1.75. The van der Waals surface area contributed by atoms with Gasteiger partial charge in [-0.05, 0) is 43.3 Å². The van der Waals surface area contributed by atoms with Crippen LogP contribution in [0.2, 0.25) is 0 Å². The van der Waals surface area contributed by atoms with Crippen LogP contribution < -0.4 is 0 Å². The normalized spacial score (nSPS) is 18.2. The molecular weight excluding hydrogens is 314 g/mol. The number of thioether (sulfide) groups is 1. The first-order chi connectivity index (χ1) is 8.50. The Morgan fingerprint density at radius 1 is 1.28 bits per heavy atom. The van der Waals surface area contributed by atoms with Gasteiger partial charge >= 0.3 is 0 Å². The van der Waals surface area contributed by atoms with Crippen LogP contribution in [-0.4, -0.2) is 22.1 Å². The molecule has 0 spiro atoms. The molecule has 0 N–H and O–H groups in total. The van der Waals surface area contributed by atoms with Crippen molar-refractivity contribution in [1.82, 2.24) is 4.90 Å². The van der Waals surface area contributed by atoms with Gasteiger partial charge in [-0.25, -0.2) is 0 Å². The van der Waals surface area contributed by atoms with Crippen LogP contribution in [0.25, 0.3) is 6.08 Å². The van der Waals surface area contributed by atoms with E-state index < -0.39 is 0 Å². The van der Waals surface area contributed by atoms with Crippen molar-refractivity contribution in [2.75, 3.05) is 0 Å². The molecule has 0 saturated carbocycles. The quantitative estimate of drug-likeness (QED) is 0.774. The minimum atomic E-state index is -0.212. The Bertz CT molecular complexity index is 540. The van der Waals surface area contributed by atoms with E-state index in [0.29, 0.717) is 4.91 Å². The highest BCUT2D eigenvalue weighted by Crippen LogP contribution is 2.34. The van der Waals surface area contributed by atoms with E-state index in [0.717, 1.165) is 21.8 Å². The zero-order valence-electron chi connectivity index (χ0n) is 10.0. The monoisotopic (exact) mass is 325 g/mol. The van der Waals surface area contributed by atoms with Crippen LogP contribution in [0.3, 0.4) is 0 Å². The first-order valence-electron chi connectivity index (χ1n) is 5.52. The van der Waals surface area contributed by atoms with E-state index in [1.54, 1.807) is 6.08 Å². The number of hydrogen-bond acceptors (Lipinski definition) is 3. The van der Waals surface area contributed by atoms with E-state index >= 15 is 0 Å². The molecule has 5 heteroatoms. The predicted molar refractivity (Wildman–Crippen MR) is 77.1 cm³/mol. The zero-order chi connectivity index (χ0) is 13.3. The van der Waals surface area contributed by atoms with E-state index in [2.05, 4.69) is 15.9 Å². The Morgan fingerprint density at radius 2 is 1.94 bits per heavy atom. The van der Waals surface area contributed by atoms with E-state index in [-0.39, 0.29) is 17.2 Å². The highest BCUT2D eigenvalue weighted by molar-refractivity contribution is 9.10. The van der Waals surface area contributed by atoms with Crippen LogP contribution in [0, 0.1) is 0 Å². The van der Waals surface area contributed by atoms with Crippen LogP contribution >= 0.6 is 27.7 Å². The largest absolute Gasteiger partial charge is 0.293 e. The van der Waals surface area contributed by atoms with Gasteiger partial charge in [-0.15, -0.1) is 0 Å². The maximum Gasteiger partial charge on any atom is 0.293 e. The summed E-state index contributed by atoms with van der Waals surface area (Å²) in [5.41, 5.74) is 0.895. The van der Waals surface area contributed by atoms with Crippen LogP contribution in [0.5, 0.6) is 0 Å². The number of benzene rings is 1. The van der Waals surface area contributed by atoms with Gasteiger partial charge in [-0.3, -0.25) is 14.5 Å². The van der Waals surface area contributed by atoms with Gasteiger partial charge in [0.15, 0.2) is 0 Å². The SMILES string of the molecule is CC(C)N1C(=O)S/C(=C/c2ccccc2Br)C1=O. The molecule has 0 unspecified atom stereocenters. The van der Waals surface area contributed by atoms with Crippen molar-refractivity contribution in [1.29, 1.82) is 0 Å². The second kappa shape index (κ2) is 5.28. The Morgan fingerprint density at radius 3 is 2.50 bits per heavy atom. The van der Waals surface area contributed by atoms with Gasteiger partial charge in [0.25, 0.3) is 11.1 Å². The minimum absolute atomic E-state index is 0.109. The summed E-state index contributed by atoms with van der Waals surface area (Å²) in [4.78, 5) is 25.6. The second-order valence-electron chi connectivity index (χ2n) is 4.17. The number of carbonyl (C=O) groups is 2.